The molecule has 3 heterocycles. The highest BCUT2D eigenvalue weighted by Gasteiger charge is 2.41. The number of alkyl halides is 1. The second-order valence-electron chi connectivity index (χ2n) is 9.13. The van der Waals surface area contributed by atoms with Crippen molar-refractivity contribution in [3.8, 4) is 5.75 Å². The molecule has 0 radical (unpaired) electrons. The molecule has 2 aliphatic heterocycles. The quantitative estimate of drug-likeness (QED) is 0.547. The Morgan fingerprint density at radius 1 is 1.11 bits per heavy atom. The highest BCUT2D eigenvalue weighted by molar-refractivity contribution is 5.99. The molecule has 0 spiro atoms. The van der Waals surface area contributed by atoms with Gasteiger partial charge in [0.1, 0.15) is 30.0 Å². The van der Waals surface area contributed by atoms with Crippen LogP contribution >= 0.6 is 0 Å². The average Bonchev–Trinajstić information content (AvgIpc) is 3.06. The number of nitrogens with zero attached hydrogens (tertiary/aromatic N) is 2. The largest absolute Gasteiger partial charge is 0.483 e. The topological polar surface area (TPSA) is 80.6 Å². The van der Waals surface area contributed by atoms with Crippen molar-refractivity contribution in [1.29, 1.82) is 0 Å². The molecule has 3 aromatic rings. The zero-order chi connectivity index (χ0) is 26.1. The third kappa shape index (κ3) is 4.83. The van der Waals surface area contributed by atoms with Crippen LogP contribution in [0.3, 0.4) is 0 Å². The molecule has 2 atom stereocenters. The van der Waals surface area contributed by atoms with Gasteiger partial charge in [-0.1, -0.05) is 36.4 Å². The summed E-state index contributed by atoms with van der Waals surface area (Å²) in [6.07, 6.45) is 0.580. The minimum Gasteiger partial charge on any atom is -0.483 e. The summed E-state index contributed by atoms with van der Waals surface area (Å²) in [4.78, 5) is 41.4. The molecule has 2 amide bonds. The third-order valence-corrected chi connectivity index (χ3v) is 6.70. The van der Waals surface area contributed by atoms with Crippen molar-refractivity contribution in [3.63, 3.8) is 0 Å². The fourth-order valence-electron chi connectivity index (χ4n) is 4.74. The number of hydrogen-bond donors (Lipinski definition) is 1. The fourth-order valence-corrected chi connectivity index (χ4v) is 4.74. The summed E-state index contributed by atoms with van der Waals surface area (Å²) in [6, 6.07) is 11.1. The monoisotopic (exact) mass is 511 g/mol. The van der Waals surface area contributed by atoms with Gasteiger partial charge in [-0.3, -0.25) is 14.4 Å². The third-order valence-electron chi connectivity index (χ3n) is 6.70. The van der Waals surface area contributed by atoms with Crippen LogP contribution in [0.1, 0.15) is 50.9 Å². The van der Waals surface area contributed by atoms with Crippen molar-refractivity contribution in [3.05, 3.63) is 99.0 Å². The van der Waals surface area contributed by atoms with E-state index in [0.29, 0.717) is 19.0 Å². The molecule has 1 N–H and O–H groups in total. The van der Waals surface area contributed by atoms with Crippen LogP contribution in [0.15, 0.2) is 59.5 Å². The van der Waals surface area contributed by atoms with Crippen molar-refractivity contribution in [2.75, 3.05) is 13.1 Å². The maximum atomic E-state index is 15.1. The zero-order valence-electron chi connectivity index (χ0n) is 19.8. The first-order valence-electron chi connectivity index (χ1n) is 11.9. The molecule has 7 nitrogen and oxygen atoms in total. The Hall–Kier alpha value is -4.08. The Bertz CT molecular complexity index is 1410. The Balaban J connectivity index is 1.54. The van der Waals surface area contributed by atoms with E-state index in [0.717, 1.165) is 11.6 Å². The first kappa shape index (κ1) is 24.6. The first-order valence-corrected chi connectivity index (χ1v) is 11.9. The molecule has 5 rings (SSSR count). The van der Waals surface area contributed by atoms with E-state index in [2.05, 4.69) is 5.32 Å². The predicted octanol–water partition coefficient (Wildman–Crippen LogP) is 3.76. The Kier molecular flexibility index (Phi) is 6.73. The van der Waals surface area contributed by atoms with Gasteiger partial charge in [0.25, 0.3) is 11.8 Å². The normalized spacial score (nSPS) is 18.7. The molecule has 1 aromatic heterocycles. The summed E-state index contributed by atoms with van der Waals surface area (Å²) in [5, 5.41) is 2.46. The van der Waals surface area contributed by atoms with E-state index in [4.69, 9.17) is 4.74 Å². The number of ether oxygens (including phenoxy) is 1. The summed E-state index contributed by atoms with van der Waals surface area (Å²) >= 11 is 0. The molecule has 1 saturated heterocycles. The molecular weight excluding hydrogens is 487 g/mol. The summed E-state index contributed by atoms with van der Waals surface area (Å²) in [6.45, 7) is 0.101. The van der Waals surface area contributed by atoms with Gasteiger partial charge in [0, 0.05) is 37.5 Å². The lowest BCUT2D eigenvalue weighted by molar-refractivity contribution is 0.0641. The number of carbonyl (C=O) groups is 2. The maximum absolute atomic E-state index is 15.1. The van der Waals surface area contributed by atoms with Gasteiger partial charge >= 0.3 is 0 Å². The standard InChI is InChI=1S/C27H24F3N3O4/c28-18-9-8-17(21(30)11-18)12-31-26(35)19-13-33-22-14-32(10-4-7-20(22)29)27(36)23(33)25(24(19)34)37-15-16-5-2-1-3-6-16/h1-3,5-6,8-9,11,13,20,22H,4,7,10,12,14-15H2,(H,31,35)/t20?,22-/m1/s1. The highest BCUT2D eigenvalue weighted by atomic mass is 19.1. The van der Waals surface area contributed by atoms with Gasteiger partial charge in [-0.2, -0.15) is 0 Å². The number of fused-ring (bicyclic) bond motifs is 4. The van der Waals surface area contributed by atoms with Crippen molar-refractivity contribution in [2.24, 2.45) is 0 Å². The number of hydrogen-bond acceptors (Lipinski definition) is 4. The van der Waals surface area contributed by atoms with Gasteiger partial charge < -0.3 is 19.5 Å². The van der Waals surface area contributed by atoms with E-state index < -0.39 is 41.1 Å². The van der Waals surface area contributed by atoms with E-state index in [1.165, 1.54) is 21.7 Å². The molecule has 10 heteroatoms. The summed E-state index contributed by atoms with van der Waals surface area (Å²) < 4.78 is 49.6. The van der Waals surface area contributed by atoms with Gasteiger partial charge in [0.2, 0.25) is 5.43 Å². The summed E-state index contributed by atoms with van der Waals surface area (Å²) in [5.41, 5.74) is -0.545. The Morgan fingerprint density at radius 2 is 1.89 bits per heavy atom. The second kappa shape index (κ2) is 10.1. The van der Waals surface area contributed by atoms with Crippen LogP contribution in [-0.2, 0) is 13.2 Å². The van der Waals surface area contributed by atoms with Crippen molar-refractivity contribution in [2.45, 2.75) is 38.2 Å². The molecule has 2 aliphatic rings. The lowest BCUT2D eigenvalue weighted by Crippen LogP contribution is -2.46. The minimum absolute atomic E-state index is 0.0202. The molecule has 0 aliphatic carbocycles. The molecule has 192 valence electrons. The molecule has 1 fully saturated rings. The van der Waals surface area contributed by atoms with E-state index in [-0.39, 0.29) is 48.7 Å². The van der Waals surface area contributed by atoms with Crippen LogP contribution in [0.4, 0.5) is 13.2 Å². The SMILES string of the molecule is O=C(NCc1ccc(F)cc1F)c1cn2c(c(OCc3ccccc3)c1=O)C(=O)N1CCCC(F)[C@H]2C1. The highest BCUT2D eigenvalue weighted by Crippen LogP contribution is 2.34. The van der Waals surface area contributed by atoms with Gasteiger partial charge in [0.05, 0.1) is 6.04 Å². The van der Waals surface area contributed by atoms with Gasteiger partial charge in [-0.25, -0.2) is 13.2 Å². The van der Waals surface area contributed by atoms with E-state index in [1.54, 1.807) is 24.3 Å². The summed E-state index contributed by atoms with van der Waals surface area (Å²) in [5.74, 6) is -3.26. The maximum Gasteiger partial charge on any atom is 0.274 e. The number of rotatable bonds is 6. The van der Waals surface area contributed by atoms with Crippen LogP contribution in [0.2, 0.25) is 0 Å². The minimum atomic E-state index is -1.30. The number of aromatic nitrogens is 1. The number of amides is 2. The lowest BCUT2D eigenvalue weighted by atomic mass is 10.0. The van der Waals surface area contributed by atoms with Crippen molar-refractivity contribution in [1.82, 2.24) is 14.8 Å². The molecule has 0 saturated carbocycles. The molecular formula is C27H24F3N3O4. The van der Waals surface area contributed by atoms with Crippen LogP contribution in [-0.4, -0.2) is 40.5 Å². The number of benzene rings is 2. The zero-order valence-corrected chi connectivity index (χ0v) is 19.8. The Labute approximate surface area is 210 Å². The lowest BCUT2D eigenvalue weighted by Gasteiger charge is -2.35. The smallest absolute Gasteiger partial charge is 0.274 e. The summed E-state index contributed by atoms with van der Waals surface area (Å²) in [7, 11) is 0. The second-order valence-corrected chi connectivity index (χ2v) is 9.13. The number of pyridine rings is 1. The van der Waals surface area contributed by atoms with Gasteiger partial charge in [0.15, 0.2) is 11.4 Å². The number of nitrogens with one attached hydrogen (secondary N) is 1. The van der Waals surface area contributed by atoms with E-state index in [1.807, 2.05) is 6.07 Å². The molecule has 1 unspecified atom stereocenters. The fraction of sp³-hybridized carbons (Fsp3) is 0.296. The van der Waals surface area contributed by atoms with Crippen molar-refractivity contribution >= 4 is 11.8 Å². The number of halogens is 3. The molecule has 37 heavy (non-hydrogen) atoms. The first-order chi connectivity index (χ1) is 17.8. The number of carbonyl (C=O) groups excluding carboxylic acids is 2. The molecule has 2 bridgehead atoms. The molecule has 2 aromatic carbocycles. The van der Waals surface area contributed by atoms with Gasteiger partial charge in [-0.15, -0.1) is 0 Å². The van der Waals surface area contributed by atoms with Crippen LogP contribution in [0.25, 0.3) is 0 Å². The van der Waals surface area contributed by atoms with E-state index in [9.17, 15) is 23.2 Å². The van der Waals surface area contributed by atoms with Crippen molar-refractivity contribution < 1.29 is 27.5 Å². The van der Waals surface area contributed by atoms with E-state index >= 15 is 4.39 Å². The van der Waals surface area contributed by atoms with Gasteiger partial charge in [-0.05, 0) is 24.5 Å². The van der Waals surface area contributed by atoms with Crippen LogP contribution < -0.4 is 15.5 Å². The van der Waals surface area contributed by atoms with Crippen LogP contribution in [0.5, 0.6) is 5.75 Å². The average molecular weight is 512 g/mol. The predicted molar refractivity (Wildman–Crippen MR) is 128 cm³/mol. The Morgan fingerprint density at radius 3 is 2.65 bits per heavy atom. The van der Waals surface area contributed by atoms with Crippen LogP contribution in [0, 0.1) is 11.6 Å².